The van der Waals surface area contributed by atoms with Crippen LogP contribution in [-0.2, 0) is 27.0 Å². The molecule has 4 rings (SSSR count). The number of carbonyl (C=O) groups excluding carboxylic acids is 2. The number of nitrogens with one attached hydrogen (secondary N) is 2. The van der Waals surface area contributed by atoms with Crippen LogP contribution in [0.4, 0.5) is 5.69 Å². The topological polar surface area (TPSA) is 175 Å². The zero-order valence-electron chi connectivity index (χ0n) is 25.2. The van der Waals surface area contributed by atoms with E-state index in [4.69, 9.17) is 9.79 Å². The molecule has 42 heavy (non-hydrogen) atoms. The van der Waals surface area contributed by atoms with Gasteiger partial charge in [-0.3, -0.25) is 40.1 Å². The van der Waals surface area contributed by atoms with Crippen LogP contribution in [-0.4, -0.2) is 73.8 Å². The lowest BCUT2D eigenvalue weighted by atomic mass is 9.99. The average molecular weight is 606 g/mol. The molecule has 4 N–H and O–H groups in total. The number of nitrogens with zero attached hydrogens (tertiary/aromatic N) is 3. The van der Waals surface area contributed by atoms with Crippen molar-refractivity contribution < 1.29 is 33.4 Å². The van der Waals surface area contributed by atoms with E-state index in [1.54, 1.807) is 49.0 Å². The van der Waals surface area contributed by atoms with Crippen molar-refractivity contribution in [2.75, 3.05) is 14.1 Å². The molecule has 0 bridgehead atoms. The van der Waals surface area contributed by atoms with Gasteiger partial charge in [0.15, 0.2) is 0 Å². The van der Waals surface area contributed by atoms with Crippen molar-refractivity contribution in [2.45, 2.75) is 77.8 Å². The van der Waals surface area contributed by atoms with Crippen molar-refractivity contribution in [2.24, 2.45) is 0 Å². The molecule has 2 aliphatic rings. The molecule has 2 amide bonds. The van der Waals surface area contributed by atoms with E-state index in [1.807, 2.05) is 40.7 Å². The van der Waals surface area contributed by atoms with Crippen LogP contribution in [0, 0.1) is 24.0 Å². The number of nitro benzene ring substituents is 1. The predicted octanol–water partition coefficient (Wildman–Crippen LogP) is 2.79. The standard InChI is InChI=1S/C15H21N3O3.C13H19N2O5P/c1-9-6-11(8-13(10(9)2)18(20)21)7-12-14(19)17(5)15(3,4)16-12;1-13(2)14-11(12(16)15(13)3)8-9-4-6-10(7-5-9)20-21(17,18)19/h6,8,12,16H,7H2,1-5H3;4-7,11,14H,8H2,1-3H3,(H2,17,18,19)/t12-;11-/m00/s1. The molecular weight excluding hydrogens is 565 g/mol. The third-order valence-corrected chi connectivity index (χ3v) is 8.36. The number of amides is 2. The second kappa shape index (κ2) is 12.1. The van der Waals surface area contributed by atoms with Crippen molar-refractivity contribution in [1.82, 2.24) is 20.4 Å². The van der Waals surface area contributed by atoms with Gasteiger partial charge >= 0.3 is 7.82 Å². The quantitative estimate of drug-likeness (QED) is 0.209. The molecule has 0 saturated carbocycles. The van der Waals surface area contributed by atoms with Crippen molar-refractivity contribution in [3.8, 4) is 5.75 Å². The average Bonchev–Trinajstić information content (AvgIpc) is 3.18. The second-order valence-electron chi connectivity index (χ2n) is 11.8. The summed E-state index contributed by atoms with van der Waals surface area (Å²) in [6.07, 6.45) is 0.956. The number of carbonyl (C=O) groups is 2. The highest BCUT2D eigenvalue weighted by Crippen LogP contribution is 2.37. The molecule has 2 aliphatic heterocycles. The summed E-state index contributed by atoms with van der Waals surface area (Å²) in [6, 6.07) is 9.16. The molecule has 0 aliphatic carbocycles. The van der Waals surface area contributed by atoms with Gasteiger partial charge in [-0.2, -0.15) is 0 Å². The van der Waals surface area contributed by atoms with E-state index in [1.165, 1.54) is 12.1 Å². The Bertz CT molecular complexity index is 1410. The van der Waals surface area contributed by atoms with Crippen molar-refractivity contribution in [3.05, 3.63) is 68.8 Å². The van der Waals surface area contributed by atoms with Crippen LogP contribution in [0.5, 0.6) is 5.75 Å². The fourth-order valence-corrected chi connectivity index (χ4v) is 5.38. The summed E-state index contributed by atoms with van der Waals surface area (Å²) in [5, 5.41) is 17.6. The van der Waals surface area contributed by atoms with E-state index >= 15 is 0 Å². The zero-order chi connectivity index (χ0) is 31.8. The highest BCUT2D eigenvalue weighted by molar-refractivity contribution is 7.46. The number of hydrogen-bond donors (Lipinski definition) is 4. The Labute approximate surface area is 245 Å². The Morgan fingerprint density at radius 3 is 1.74 bits per heavy atom. The normalized spacial score (nSPS) is 21.3. The number of phosphoric acid groups is 1. The fourth-order valence-electron chi connectivity index (χ4n) is 4.98. The molecular formula is C28H40N5O8P. The molecule has 230 valence electrons. The van der Waals surface area contributed by atoms with Crippen LogP contribution >= 0.6 is 7.82 Å². The lowest BCUT2D eigenvalue weighted by molar-refractivity contribution is -0.385. The van der Waals surface area contributed by atoms with Gasteiger partial charge in [-0.25, -0.2) is 4.57 Å². The first-order valence-corrected chi connectivity index (χ1v) is 14.9. The Hall–Kier alpha value is -3.35. The maximum absolute atomic E-state index is 12.2. The number of aryl methyl sites for hydroxylation is 1. The summed E-state index contributed by atoms with van der Waals surface area (Å²) in [4.78, 5) is 55.9. The molecule has 2 atom stereocenters. The van der Waals surface area contributed by atoms with E-state index in [0.29, 0.717) is 18.4 Å². The minimum absolute atomic E-state index is 0.0147. The molecule has 13 nitrogen and oxygen atoms in total. The Morgan fingerprint density at radius 1 is 0.905 bits per heavy atom. The number of likely N-dealkylation sites (N-methyl/N-ethyl adjacent to an activating group) is 2. The molecule has 2 heterocycles. The van der Waals surface area contributed by atoms with Gasteiger partial charge in [-0.1, -0.05) is 18.2 Å². The Balaban J connectivity index is 0.000000230. The number of rotatable bonds is 7. The maximum atomic E-state index is 12.2. The van der Waals surface area contributed by atoms with Gasteiger partial charge in [-0.15, -0.1) is 0 Å². The molecule has 0 spiro atoms. The number of phosphoric ester groups is 1. The first kappa shape index (κ1) is 33.2. The summed E-state index contributed by atoms with van der Waals surface area (Å²) >= 11 is 0. The first-order valence-electron chi connectivity index (χ1n) is 13.4. The summed E-state index contributed by atoms with van der Waals surface area (Å²) in [7, 11) is -1.02. The SMILES string of the molecule is CN1C(=O)[C@H](Cc2ccc(OP(=O)(O)O)cc2)NC1(C)C.Cc1cc(C[C@@H]2NC(C)(C)N(C)C2=O)cc([N+](=O)[O-])c1C. The lowest BCUT2D eigenvalue weighted by Gasteiger charge is -2.27. The van der Waals surface area contributed by atoms with Crippen LogP contribution in [0.25, 0.3) is 0 Å². The molecule has 0 aromatic heterocycles. The van der Waals surface area contributed by atoms with E-state index in [0.717, 1.165) is 16.7 Å². The Kier molecular flexibility index (Phi) is 9.55. The van der Waals surface area contributed by atoms with Gasteiger partial charge in [0.1, 0.15) is 5.75 Å². The second-order valence-corrected chi connectivity index (χ2v) is 12.9. The highest BCUT2D eigenvalue weighted by Gasteiger charge is 2.42. The van der Waals surface area contributed by atoms with Crippen LogP contribution in [0.3, 0.4) is 0 Å². The largest absolute Gasteiger partial charge is 0.524 e. The van der Waals surface area contributed by atoms with Crippen LogP contribution in [0.1, 0.15) is 49.9 Å². The van der Waals surface area contributed by atoms with Gasteiger partial charge in [-0.05, 0) is 83.2 Å². The van der Waals surface area contributed by atoms with Gasteiger partial charge < -0.3 is 14.3 Å². The summed E-state index contributed by atoms with van der Waals surface area (Å²) in [6.45, 7) is 11.3. The minimum Gasteiger partial charge on any atom is -0.404 e. The van der Waals surface area contributed by atoms with Crippen molar-refractivity contribution in [1.29, 1.82) is 0 Å². The molecule has 2 aromatic carbocycles. The van der Waals surface area contributed by atoms with Crippen LogP contribution in [0.2, 0.25) is 0 Å². The van der Waals surface area contributed by atoms with Crippen LogP contribution < -0.4 is 15.2 Å². The number of benzene rings is 2. The van der Waals surface area contributed by atoms with Gasteiger partial charge in [0.2, 0.25) is 11.8 Å². The summed E-state index contributed by atoms with van der Waals surface area (Å²) in [5.41, 5.74) is 2.57. The Morgan fingerprint density at radius 2 is 1.36 bits per heavy atom. The number of nitro groups is 1. The smallest absolute Gasteiger partial charge is 0.404 e. The van der Waals surface area contributed by atoms with Gasteiger partial charge in [0.05, 0.1) is 28.3 Å². The van der Waals surface area contributed by atoms with E-state index in [-0.39, 0.29) is 45.9 Å². The van der Waals surface area contributed by atoms with E-state index < -0.39 is 13.5 Å². The highest BCUT2D eigenvalue weighted by atomic mass is 31.2. The van der Waals surface area contributed by atoms with Crippen molar-refractivity contribution in [3.63, 3.8) is 0 Å². The third-order valence-electron chi connectivity index (χ3n) is 7.91. The maximum Gasteiger partial charge on any atom is 0.524 e. The van der Waals surface area contributed by atoms with E-state index in [9.17, 15) is 24.3 Å². The molecule has 0 unspecified atom stereocenters. The number of hydrogen-bond acceptors (Lipinski definition) is 8. The van der Waals surface area contributed by atoms with E-state index in [2.05, 4.69) is 15.2 Å². The molecule has 0 radical (unpaired) electrons. The minimum atomic E-state index is -4.54. The van der Waals surface area contributed by atoms with Gasteiger partial charge in [0.25, 0.3) is 5.69 Å². The predicted molar refractivity (Wildman–Crippen MR) is 157 cm³/mol. The molecule has 14 heteroatoms. The molecule has 2 fully saturated rings. The summed E-state index contributed by atoms with van der Waals surface area (Å²) < 4.78 is 15.2. The van der Waals surface area contributed by atoms with Crippen LogP contribution in [0.15, 0.2) is 36.4 Å². The molecule has 2 saturated heterocycles. The fraction of sp³-hybridized carbons (Fsp3) is 0.500. The molecule has 2 aromatic rings. The first-order chi connectivity index (χ1) is 19.2. The van der Waals surface area contributed by atoms with Crippen molar-refractivity contribution >= 4 is 25.3 Å². The lowest BCUT2D eigenvalue weighted by Crippen LogP contribution is -2.45. The summed E-state index contributed by atoms with van der Waals surface area (Å²) in [5.74, 6) is 0.131. The monoisotopic (exact) mass is 605 g/mol. The van der Waals surface area contributed by atoms with Gasteiger partial charge in [0, 0.05) is 25.7 Å². The zero-order valence-corrected chi connectivity index (χ0v) is 26.1. The third kappa shape index (κ3) is 7.73.